The average Bonchev–Trinajstić information content (AvgIpc) is 2.77. The van der Waals surface area contributed by atoms with Crippen molar-refractivity contribution < 1.29 is 31.1 Å². The van der Waals surface area contributed by atoms with Crippen molar-refractivity contribution in [3.05, 3.63) is 48.0 Å². The third-order valence-electron chi connectivity index (χ3n) is 5.05. The molecule has 12 heteroatoms. The Morgan fingerprint density at radius 1 is 1.09 bits per heavy atom. The molecule has 0 aliphatic carbocycles. The number of amides is 1. The van der Waals surface area contributed by atoms with Crippen LogP contribution in [0.25, 0.3) is 0 Å². The number of methoxy groups -OCH3 is 1. The molecule has 33 heavy (non-hydrogen) atoms. The monoisotopic (exact) mass is 497 g/mol. The highest BCUT2D eigenvalue weighted by Gasteiger charge is 2.27. The number of benzene rings is 2. The van der Waals surface area contributed by atoms with Crippen LogP contribution in [0.2, 0.25) is 0 Å². The number of rotatable bonds is 8. The molecule has 1 N–H and O–H groups in total. The third-order valence-corrected chi connectivity index (χ3v) is 8.10. The number of nitrogens with one attached hydrogen (secondary N) is 1. The lowest BCUT2D eigenvalue weighted by Crippen LogP contribution is -2.40. The summed E-state index contributed by atoms with van der Waals surface area (Å²) in [5, 5.41) is 2.67. The Kier molecular flexibility index (Phi) is 7.62. The zero-order valence-electron chi connectivity index (χ0n) is 18.6. The van der Waals surface area contributed by atoms with Crippen LogP contribution in [0.5, 0.6) is 5.75 Å². The van der Waals surface area contributed by atoms with E-state index >= 15 is 0 Å². The van der Waals surface area contributed by atoms with Crippen molar-refractivity contribution in [1.29, 1.82) is 0 Å². The number of carbonyl (C=O) groups is 1. The second-order valence-corrected chi connectivity index (χ2v) is 11.4. The van der Waals surface area contributed by atoms with Crippen LogP contribution in [0.15, 0.2) is 47.4 Å². The summed E-state index contributed by atoms with van der Waals surface area (Å²) in [5.41, 5.74) is 1.48. The van der Waals surface area contributed by atoms with Crippen molar-refractivity contribution in [2.45, 2.75) is 11.8 Å². The molecule has 0 aromatic heterocycles. The van der Waals surface area contributed by atoms with Crippen LogP contribution in [0, 0.1) is 6.92 Å². The second-order valence-electron chi connectivity index (χ2n) is 7.53. The van der Waals surface area contributed by atoms with E-state index in [9.17, 15) is 21.6 Å². The van der Waals surface area contributed by atoms with Gasteiger partial charge in [0.1, 0.15) is 12.3 Å². The zero-order chi connectivity index (χ0) is 24.2. The number of ether oxygens (including phenoxy) is 2. The minimum absolute atomic E-state index is 0.0375. The molecule has 0 spiro atoms. The lowest BCUT2D eigenvalue weighted by Gasteiger charge is -2.26. The number of hydrogen-bond acceptors (Lipinski definition) is 7. The lowest BCUT2D eigenvalue weighted by atomic mass is 10.2. The number of nitrogens with zero attached hydrogens (tertiary/aromatic N) is 2. The fraction of sp³-hybridized carbons (Fsp3) is 0.381. The molecule has 1 heterocycles. The van der Waals surface area contributed by atoms with E-state index in [0.717, 1.165) is 16.1 Å². The van der Waals surface area contributed by atoms with Crippen LogP contribution in [0.4, 0.5) is 11.4 Å². The van der Waals surface area contributed by atoms with E-state index in [0.29, 0.717) is 24.7 Å². The molecule has 10 nitrogen and oxygen atoms in total. The molecule has 1 amide bonds. The van der Waals surface area contributed by atoms with Crippen molar-refractivity contribution in [3.8, 4) is 5.75 Å². The smallest absolute Gasteiger partial charge is 0.245 e. The van der Waals surface area contributed by atoms with Crippen LogP contribution in [0.3, 0.4) is 0 Å². The maximum Gasteiger partial charge on any atom is 0.245 e. The fourth-order valence-corrected chi connectivity index (χ4v) is 5.62. The summed E-state index contributed by atoms with van der Waals surface area (Å²) in [4.78, 5) is 12.7. The maximum atomic E-state index is 12.8. The molecule has 1 saturated heterocycles. The van der Waals surface area contributed by atoms with Crippen molar-refractivity contribution in [3.63, 3.8) is 0 Å². The Hall–Kier alpha value is -2.67. The molecular weight excluding hydrogens is 470 g/mol. The zero-order valence-corrected chi connectivity index (χ0v) is 20.3. The van der Waals surface area contributed by atoms with Gasteiger partial charge in [-0.05, 0) is 48.9 Å². The quantitative estimate of drug-likeness (QED) is 0.585. The minimum Gasteiger partial charge on any atom is -0.495 e. The van der Waals surface area contributed by atoms with Gasteiger partial charge in [-0.15, -0.1) is 0 Å². The molecule has 0 unspecified atom stereocenters. The van der Waals surface area contributed by atoms with Gasteiger partial charge in [-0.1, -0.05) is 6.07 Å². The molecule has 180 valence electrons. The Bertz CT molecular complexity index is 1210. The van der Waals surface area contributed by atoms with Crippen LogP contribution >= 0.6 is 0 Å². The van der Waals surface area contributed by atoms with Crippen LogP contribution in [-0.2, 0) is 29.6 Å². The Balaban J connectivity index is 1.81. The van der Waals surface area contributed by atoms with E-state index < -0.39 is 32.5 Å². The Labute approximate surface area is 194 Å². The molecule has 1 aliphatic rings. The van der Waals surface area contributed by atoms with Gasteiger partial charge in [-0.25, -0.2) is 16.8 Å². The number of hydrogen-bond donors (Lipinski definition) is 1. The highest BCUT2D eigenvalue weighted by atomic mass is 32.2. The van der Waals surface area contributed by atoms with Crippen LogP contribution < -0.4 is 14.4 Å². The fourth-order valence-electron chi connectivity index (χ4n) is 3.36. The third kappa shape index (κ3) is 6.02. The van der Waals surface area contributed by atoms with E-state index in [-0.39, 0.29) is 23.7 Å². The predicted octanol–water partition coefficient (Wildman–Crippen LogP) is 1.43. The highest BCUT2D eigenvalue weighted by molar-refractivity contribution is 7.92. The lowest BCUT2D eigenvalue weighted by molar-refractivity contribution is -0.114. The molecule has 0 radical (unpaired) electrons. The van der Waals surface area contributed by atoms with Gasteiger partial charge in [0.05, 0.1) is 42.8 Å². The second kappa shape index (κ2) is 10.1. The predicted molar refractivity (Wildman–Crippen MR) is 125 cm³/mol. The first-order chi connectivity index (χ1) is 15.5. The van der Waals surface area contributed by atoms with Gasteiger partial charge in [0, 0.05) is 13.1 Å². The van der Waals surface area contributed by atoms with Crippen molar-refractivity contribution >= 4 is 37.3 Å². The first kappa shape index (κ1) is 25.0. The van der Waals surface area contributed by atoms with Crippen LogP contribution in [-0.4, -0.2) is 73.3 Å². The SMILES string of the molecule is COc1ccc(C)cc1NC(=O)CN(c1ccc(S(=O)(=O)N2CCOCC2)cc1)S(C)(=O)=O. The largest absolute Gasteiger partial charge is 0.495 e. The number of sulfonamides is 2. The molecule has 0 bridgehead atoms. The number of carbonyl (C=O) groups excluding carboxylic acids is 1. The number of anilines is 2. The van der Waals surface area contributed by atoms with Gasteiger partial charge >= 0.3 is 0 Å². The van der Waals surface area contributed by atoms with E-state index in [1.165, 1.54) is 35.7 Å². The minimum atomic E-state index is -3.83. The summed E-state index contributed by atoms with van der Waals surface area (Å²) in [5.74, 6) is -0.133. The van der Waals surface area contributed by atoms with Gasteiger partial charge in [0.15, 0.2) is 0 Å². The van der Waals surface area contributed by atoms with Gasteiger partial charge in [-0.3, -0.25) is 9.10 Å². The summed E-state index contributed by atoms with van der Waals surface area (Å²) < 4.78 is 63.1. The molecule has 2 aromatic carbocycles. The molecule has 3 rings (SSSR count). The van der Waals surface area contributed by atoms with Crippen molar-refractivity contribution in [2.24, 2.45) is 0 Å². The first-order valence-electron chi connectivity index (χ1n) is 10.1. The van der Waals surface area contributed by atoms with Gasteiger partial charge in [0.25, 0.3) is 0 Å². The molecule has 2 aromatic rings. The van der Waals surface area contributed by atoms with Gasteiger partial charge in [0.2, 0.25) is 26.0 Å². The van der Waals surface area contributed by atoms with E-state index in [2.05, 4.69) is 5.32 Å². The highest BCUT2D eigenvalue weighted by Crippen LogP contribution is 2.26. The molecule has 0 saturated carbocycles. The van der Waals surface area contributed by atoms with Crippen molar-refractivity contribution in [1.82, 2.24) is 4.31 Å². The van der Waals surface area contributed by atoms with E-state index in [1.54, 1.807) is 12.1 Å². The maximum absolute atomic E-state index is 12.8. The molecule has 1 fully saturated rings. The Morgan fingerprint density at radius 3 is 2.30 bits per heavy atom. The number of morpholine rings is 1. The summed E-state index contributed by atoms with van der Waals surface area (Å²) in [6.45, 7) is 2.50. The van der Waals surface area contributed by atoms with Gasteiger partial charge in [-0.2, -0.15) is 4.31 Å². The van der Waals surface area contributed by atoms with E-state index in [1.807, 2.05) is 13.0 Å². The standard InChI is InChI=1S/C21H27N3O7S2/c1-16-4-9-20(30-2)19(14-16)22-21(25)15-24(32(3,26)27)17-5-7-18(8-6-17)33(28,29)23-10-12-31-13-11-23/h4-9,14H,10-13,15H2,1-3H3,(H,22,25). The topological polar surface area (TPSA) is 122 Å². The van der Waals surface area contributed by atoms with Crippen LogP contribution in [0.1, 0.15) is 5.56 Å². The average molecular weight is 498 g/mol. The summed E-state index contributed by atoms with van der Waals surface area (Å²) in [6.07, 6.45) is 0.978. The molecule has 1 aliphatic heterocycles. The van der Waals surface area contributed by atoms with Crippen molar-refractivity contribution in [2.75, 3.05) is 55.8 Å². The first-order valence-corrected chi connectivity index (χ1v) is 13.4. The summed E-state index contributed by atoms with van der Waals surface area (Å²) in [7, 11) is -6.09. The van der Waals surface area contributed by atoms with E-state index in [4.69, 9.17) is 9.47 Å². The normalized spacial score (nSPS) is 15.1. The molecule has 0 atom stereocenters. The van der Waals surface area contributed by atoms with Gasteiger partial charge < -0.3 is 14.8 Å². The summed E-state index contributed by atoms with van der Waals surface area (Å²) in [6, 6.07) is 10.6. The number of aryl methyl sites for hydroxylation is 1. The molecular formula is C21H27N3O7S2. The Morgan fingerprint density at radius 2 is 1.73 bits per heavy atom. The summed E-state index contributed by atoms with van der Waals surface area (Å²) >= 11 is 0.